The molecule has 0 saturated heterocycles. The highest BCUT2D eigenvalue weighted by Gasteiger charge is 2.38. The molecule has 0 N–H and O–H groups in total. The molecule has 0 radical (unpaired) electrons. The lowest BCUT2D eigenvalue weighted by molar-refractivity contribution is -0.144. The second-order valence-corrected chi connectivity index (χ2v) is 5.88. The third kappa shape index (κ3) is 2.67. The Morgan fingerprint density at radius 1 is 1.23 bits per heavy atom. The van der Waals surface area contributed by atoms with E-state index in [2.05, 4.69) is 10.1 Å². The van der Waals surface area contributed by atoms with Gasteiger partial charge in [-0.3, -0.25) is 0 Å². The monoisotopic (exact) mass is 310 g/mol. The lowest BCUT2D eigenvalue weighted by atomic mass is 10.1. The smallest absolute Gasteiger partial charge is 0.347 e. The molecule has 1 heterocycles. The normalized spacial score (nSPS) is 15.2. The molecule has 118 valence electrons. The summed E-state index contributed by atoms with van der Waals surface area (Å²) < 4.78 is 40.1. The highest BCUT2D eigenvalue weighted by atomic mass is 19.4. The average Bonchev–Trinajstić information content (AvgIpc) is 3.15. The number of hydrogen-bond donors (Lipinski definition) is 0. The minimum atomic E-state index is -4.56. The lowest BCUT2D eigenvalue weighted by Crippen LogP contribution is -2.16. The minimum absolute atomic E-state index is 0.179. The van der Waals surface area contributed by atoms with Gasteiger partial charge in [0.05, 0.1) is 5.69 Å². The molecule has 1 aromatic carbocycles. The summed E-state index contributed by atoms with van der Waals surface area (Å²) in [4.78, 5) is 5.19. The third-order valence-electron chi connectivity index (χ3n) is 3.67. The largest absolute Gasteiger partial charge is 0.453 e. The predicted octanol–water partition coefficient (Wildman–Crippen LogP) is 3.54. The first-order valence-electron chi connectivity index (χ1n) is 7.10. The first kappa shape index (κ1) is 14.9. The van der Waals surface area contributed by atoms with Crippen LogP contribution >= 0.6 is 0 Å². The molecule has 0 unspecified atom stereocenters. The van der Waals surface area contributed by atoms with Crippen molar-refractivity contribution in [2.24, 2.45) is 0 Å². The SMILES string of the molecule is Cc1ccc(-n2nc(C(F)(F)F)nc2N(C)C)c(C2CC2)c1. The van der Waals surface area contributed by atoms with Crippen LogP contribution in [-0.2, 0) is 6.18 Å². The first-order valence-corrected chi connectivity index (χ1v) is 7.10. The van der Waals surface area contributed by atoms with Crippen molar-refractivity contribution >= 4 is 5.95 Å². The van der Waals surface area contributed by atoms with Crippen LogP contribution in [0.2, 0.25) is 0 Å². The molecular formula is C15H17F3N4. The maximum Gasteiger partial charge on any atom is 0.453 e. The maximum atomic E-state index is 12.9. The Morgan fingerprint density at radius 3 is 2.45 bits per heavy atom. The van der Waals surface area contributed by atoms with Crippen molar-refractivity contribution in [3.63, 3.8) is 0 Å². The molecule has 2 aromatic rings. The number of anilines is 1. The zero-order valence-electron chi connectivity index (χ0n) is 12.6. The number of benzene rings is 1. The molecule has 0 spiro atoms. The summed E-state index contributed by atoms with van der Waals surface area (Å²) in [6.07, 6.45) is -2.43. The number of nitrogens with zero attached hydrogens (tertiary/aromatic N) is 4. The van der Waals surface area contributed by atoms with Gasteiger partial charge in [-0.1, -0.05) is 17.7 Å². The molecule has 4 nitrogen and oxygen atoms in total. The maximum absolute atomic E-state index is 12.9. The Balaban J connectivity index is 2.17. The second kappa shape index (κ2) is 5.00. The molecule has 1 aliphatic rings. The van der Waals surface area contributed by atoms with Gasteiger partial charge in [-0.2, -0.15) is 22.8 Å². The van der Waals surface area contributed by atoms with Gasteiger partial charge in [-0.25, -0.2) is 0 Å². The van der Waals surface area contributed by atoms with Crippen molar-refractivity contribution < 1.29 is 13.2 Å². The van der Waals surface area contributed by atoms with Gasteiger partial charge < -0.3 is 4.90 Å². The molecule has 0 aliphatic heterocycles. The highest BCUT2D eigenvalue weighted by Crippen LogP contribution is 2.43. The van der Waals surface area contributed by atoms with Crippen LogP contribution in [0.3, 0.4) is 0 Å². The van der Waals surface area contributed by atoms with Crippen LogP contribution in [0.5, 0.6) is 0 Å². The average molecular weight is 310 g/mol. The summed E-state index contributed by atoms with van der Waals surface area (Å²) in [6.45, 7) is 1.98. The molecule has 0 bridgehead atoms. The van der Waals surface area contributed by atoms with Crippen molar-refractivity contribution in [2.75, 3.05) is 19.0 Å². The van der Waals surface area contributed by atoms with Crippen LogP contribution in [0.1, 0.15) is 35.7 Å². The number of aryl methyl sites for hydroxylation is 1. The van der Waals surface area contributed by atoms with E-state index < -0.39 is 12.0 Å². The van der Waals surface area contributed by atoms with Crippen molar-refractivity contribution in [1.82, 2.24) is 14.8 Å². The van der Waals surface area contributed by atoms with Crippen molar-refractivity contribution in [3.05, 3.63) is 35.2 Å². The molecular weight excluding hydrogens is 293 g/mol. The Kier molecular flexibility index (Phi) is 3.38. The van der Waals surface area contributed by atoms with E-state index in [0.717, 1.165) is 24.0 Å². The van der Waals surface area contributed by atoms with Crippen molar-refractivity contribution in [3.8, 4) is 5.69 Å². The van der Waals surface area contributed by atoms with E-state index in [1.165, 1.54) is 4.68 Å². The van der Waals surface area contributed by atoms with Crippen LogP contribution in [0.25, 0.3) is 5.69 Å². The quantitative estimate of drug-likeness (QED) is 0.869. The number of alkyl halides is 3. The van der Waals surface area contributed by atoms with Gasteiger partial charge in [-0.15, -0.1) is 5.10 Å². The molecule has 0 amide bonds. The molecule has 1 fully saturated rings. The van der Waals surface area contributed by atoms with Gasteiger partial charge in [0.2, 0.25) is 5.95 Å². The number of rotatable bonds is 3. The van der Waals surface area contributed by atoms with Crippen LogP contribution in [-0.4, -0.2) is 28.9 Å². The zero-order chi connectivity index (χ0) is 16.1. The summed E-state index contributed by atoms with van der Waals surface area (Å²) in [5.41, 5.74) is 2.81. The standard InChI is InChI=1S/C15H17F3N4/c1-9-4-7-12(11(8-9)10-5-6-10)22-14(21(2)3)19-13(20-22)15(16,17)18/h4,7-8,10H,5-6H2,1-3H3. The zero-order valence-corrected chi connectivity index (χ0v) is 12.6. The van der Waals surface area contributed by atoms with E-state index in [0.29, 0.717) is 11.6 Å². The molecule has 1 aliphatic carbocycles. The van der Waals surface area contributed by atoms with E-state index in [1.807, 2.05) is 25.1 Å². The molecule has 1 saturated carbocycles. The third-order valence-corrected chi connectivity index (χ3v) is 3.67. The van der Waals surface area contributed by atoms with Gasteiger partial charge in [0, 0.05) is 14.1 Å². The van der Waals surface area contributed by atoms with E-state index in [-0.39, 0.29) is 5.95 Å². The van der Waals surface area contributed by atoms with E-state index in [4.69, 9.17) is 0 Å². The Labute approximate surface area is 126 Å². The molecule has 7 heteroatoms. The Hall–Kier alpha value is -2.05. The molecule has 0 atom stereocenters. The van der Waals surface area contributed by atoms with Crippen molar-refractivity contribution in [2.45, 2.75) is 31.9 Å². The first-order chi connectivity index (χ1) is 10.3. The summed E-state index contributed by atoms with van der Waals surface area (Å²) >= 11 is 0. The van der Waals surface area contributed by atoms with E-state index >= 15 is 0 Å². The number of hydrogen-bond acceptors (Lipinski definition) is 3. The van der Waals surface area contributed by atoms with Gasteiger partial charge in [0.1, 0.15) is 0 Å². The lowest BCUT2D eigenvalue weighted by Gasteiger charge is -2.15. The van der Waals surface area contributed by atoms with Crippen LogP contribution < -0.4 is 4.90 Å². The van der Waals surface area contributed by atoms with E-state index in [9.17, 15) is 13.2 Å². The Bertz CT molecular complexity index is 699. The summed E-state index contributed by atoms with van der Waals surface area (Å²) in [5.74, 6) is -0.528. The minimum Gasteiger partial charge on any atom is -0.347 e. The summed E-state index contributed by atoms with van der Waals surface area (Å²) in [5, 5.41) is 3.71. The van der Waals surface area contributed by atoms with Gasteiger partial charge in [0.15, 0.2) is 0 Å². The fourth-order valence-electron chi connectivity index (χ4n) is 2.46. The van der Waals surface area contributed by atoms with Crippen LogP contribution in [0, 0.1) is 6.92 Å². The fourth-order valence-corrected chi connectivity index (χ4v) is 2.46. The van der Waals surface area contributed by atoms with Crippen molar-refractivity contribution in [1.29, 1.82) is 0 Å². The molecule has 3 rings (SSSR count). The number of halogens is 3. The number of aromatic nitrogens is 3. The van der Waals surface area contributed by atoms with E-state index in [1.54, 1.807) is 19.0 Å². The molecule has 1 aromatic heterocycles. The van der Waals surface area contributed by atoms with Crippen LogP contribution in [0.15, 0.2) is 18.2 Å². The predicted molar refractivity (Wildman–Crippen MR) is 77.4 cm³/mol. The fraction of sp³-hybridized carbons (Fsp3) is 0.467. The summed E-state index contributed by atoms with van der Waals surface area (Å²) in [6, 6.07) is 5.74. The van der Waals surface area contributed by atoms with Gasteiger partial charge in [-0.05, 0) is 37.3 Å². The highest BCUT2D eigenvalue weighted by molar-refractivity contribution is 5.51. The topological polar surface area (TPSA) is 34.0 Å². The second-order valence-electron chi connectivity index (χ2n) is 5.88. The van der Waals surface area contributed by atoms with Crippen LogP contribution in [0.4, 0.5) is 19.1 Å². The van der Waals surface area contributed by atoms with Gasteiger partial charge in [0.25, 0.3) is 5.82 Å². The summed E-state index contributed by atoms with van der Waals surface area (Å²) in [7, 11) is 3.32. The Morgan fingerprint density at radius 2 is 1.91 bits per heavy atom. The van der Waals surface area contributed by atoms with Gasteiger partial charge >= 0.3 is 6.18 Å². The molecule has 22 heavy (non-hydrogen) atoms.